The standard InChI is InChI=1S/C13H20N2O2/c1-13(2,14)8-12(16)15-9-10-5-4-6-11(7-10)17-3/h4-7H,8-9,14H2,1-3H3,(H,15,16). The summed E-state index contributed by atoms with van der Waals surface area (Å²) in [6.07, 6.45) is 0.316. The van der Waals surface area contributed by atoms with E-state index in [0.717, 1.165) is 11.3 Å². The Bertz CT molecular complexity index is 383. The first-order chi connectivity index (χ1) is 7.90. The molecule has 0 aromatic heterocycles. The highest BCUT2D eigenvalue weighted by Gasteiger charge is 2.15. The molecular formula is C13H20N2O2. The smallest absolute Gasteiger partial charge is 0.222 e. The fraction of sp³-hybridized carbons (Fsp3) is 0.462. The van der Waals surface area contributed by atoms with Crippen molar-refractivity contribution in [3.05, 3.63) is 29.8 Å². The summed E-state index contributed by atoms with van der Waals surface area (Å²) < 4.78 is 5.11. The Hall–Kier alpha value is -1.55. The minimum atomic E-state index is -0.474. The SMILES string of the molecule is COc1cccc(CNC(=O)CC(C)(C)N)c1. The molecule has 0 atom stereocenters. The van der Waals surface area contributed by atoms with E-state index in [1.165, 1.54) is 0 Å². The van der Waals surface area contributed by atoms with Gasteiger partial charge in [-0.2, -0.15) is 0 Å². The molecule has 4 heteroatoms. The van der Waals surface area contributed by atoms with E-state index in [2.05, 4.69) is 5.32 Å². The normalized spacial score (nSPS) is 11.1. The first kappa shape index (κ1) is 13.5. The molecule has 1 amide bonds. The number of methoxy groups -OCH3 is 1. The number of ether oxygens (including phenoxy) is 1. The molecule has 4 nitrogen and oxygen atoms in total. The molecule has 0 aliphatic rings. The fourth-order valence-corrected chi connectivity index (χ4v) is 1.46. The van der Waals surface area contributed by atoms with Gasteiger partial charge in [-0.1, -0.05) is 12.1 Å². The highest BCUT2D eigenvalue weighted by Crippen LogP contribution is 2.12. The van der Waals surface area contributed by atoms with E-state index >= 15 is 0 Å². The summed E-state index contributed by atoms with van der Waals surface area (Å²) in [6, 6.07) is 7.60. The summed E-state index contributed by atoms with van der Waals surface area (Å²) in [5.41, 5.74) is 6.30. The maximum atomic E-state index is 11.6. The predicted octanol–water partition coefficient (Wildman–Crippen LogP) is 1.44. The second-order valence-corrected chi connectivity index (χ2v) is 4.79. The maximum absolute atomic E-state index is 11.6. The molecule has 1 aromatic rings. The molecule has 1 rings (SSSR count). The van der Waals surface area contributed by atoms with Crippen LogP contribution in [0.4, 0.5) is 0 Å². The Morgan fingerprint density at radius 2 is 2.18 bits per heavy atom. The van der Waals surface area contributed by atoms with Crippen LogP contribution in [0.15, 0.2) is 24.3 Å². The van der Waals surface area contributed by atoms with Gasteiger partial charge in [0.2, 0.25) is 5.91 Å². The zero-order valence-electron chi connectivity index (χ0n) is 10.6. The van der Waals surface area contributed by atoms with Gasteiger partial charge in [-0.25, -0.2) is 0 Å². The third-order valence-corrected chi connectivity index (χ3v) is 2.24. The van der Waals surface area contributed by atoms with E-state index in [1.54, 1.807) is 7.11 Å². The zero-order valence-corrected chi connectivity index (χ0v) is 10.6. The number of carbonyl (C=O) groups is 1. The van der Waals surface area contributed by atoms with Crippen LogP contribution >= 0.6 is 0 Å². The number of carbonyl (C=O) groups excluding carboxylic acids is 1. The molecule has 0 saturated heterocycles. The molecule has 0 fully saturated rings. The van der Waals surface area contributed by atoms with Crippen molar-refractivity contribution in [1.29, 1.82) is 0 Å². The quantitative estimate of drug-likeness (QED) is 0.813. The summed E-state index contributed by atoms with van der Waals surface area (Å²) in [4.78, 5) is 11.6. The average Bonchev–Trinajstić information content (AvgIpc) is 2.24. The Kier molecular flexibility index (Phi) is 4.52. The van der Waals surface area contributed by atoms with Crippen LogP contribution in [0.25, 0.3) is 0 Å². The molecule has 0 spiro atoms. The van der Waals surface area contributed by atoms with E-state index in [1.807, 2.05) is 38.1 Å². The zero-order chi connectivity index (χ0) is 12.9. The van der Waals surface area contributed by atoms with E-state index in [4.69, 9.17) is 10.5 Å². The van der Waals surface area contributed by atoms with Crippen LogP contribution in [0.1, 0.15) is 25.8 Å². The van der Waals surface area contributed by atoms with Crippen LogP contribution in [0.5, 0.6) is 5.75 Å². The van der Waals surface area contributed by atoms with E-state index in [9.17, 15) is 4.79 Å². The minimum absolute atomic E-state index is 0.0414. The van der Waals surface area contributed by atoms with Crippen LogP contribution < -0.4 is 15.8 Å². The van der Waals surface area contributed by atoms with Crippen LogP contribution in [-0.4, -0.2) is 18.6 Å². The van der Waals surface area contributed by atoms with Gasteiger partial charge in [-0.05, 0) is 31.5 Å². The Morgan fingerprint density at radius 3 is 2.76 bits per heavy atom. The van der Waals surface area contributed by atoms with Crippen LogP contribution in [0, 0.1) is 0 Å². The average molecular weight is 236 g/mol. The lowest BCUT2D eigenvalue weighted by molar-refractivity contribution is -0.122. The molecule has 0 aliphatic heterocycles. The van der Waals surface area contributed by atoms with Gasteiger partial charge in [-0.3, -0.25) is 4.79 Å². The topological polar surface area (TPSA) is 64.3 Å². The van der Waals surface area contributed by atoms with Crippen molar-refractivity contribution in [1.82, 2.24) is 5.32 Å². The van der Waals surface area contributed by atoms with E-state index in [0.29, 0.717) is 13.0 Å². The van der Waals surface area contributed by atoms with Crippen molar-refractivity contribution in [2.75, 3.05) is 7.11 Å². The second kappa shape index (κ2) is 5.68. The molecule has 0 radical (unpaired) electrons. The summed E-state index contributed by atoms with van der Waals surface area (Å²) >= 11 is 0. The van der Waals surface area contributed by atoms with Crippen molar-refractivity contribution in [3.8, 4) is 5.75 Å². The maximum Gasteiger partial charge on any atom is 0.222 e. The lowest BCUT2D eigenvalue weighted by Crippen LogP contribution is -2.38. The van der Waals surface area contributed by atoms with Crippen molar-refractivity contribution >= 4 is 5.91 Å². The van der Waals surface area contributed by atoms with Crippen LogP contribution in [-0.2, 0) is 11.3 Å². The molecule has 0 aliphatic carbocycles. The molecular weight excluding hydrogens is 216 g/mol. The van der Waals surface area contributed by atoms with Crippen LogP contribution in [0.3, 0.4) is 0 Å². The third-order valence-electron chi connectivity index (χ3n) is 2.24. The Labute approximate surface area is 102 Å². The largest absolute Gasteiger partial charge is 0.497 e. The van der Waals surface area contributed by atoms with Gasteiger partial charge in [0.15, 0.2) is 0 Å². The van der Waals surface area contributed by atoms with Gasteiger partial charge in [-0.15, -0.1) is 0 Å². The fourth-order valence-electron chi connectivity index (χ4n) is 1.46. The number of benzene rings is 1. The van der Waals surface area contributed by atoms with Gasteiger partial charge in [0, 0.05) is 18.5 Å². The molecule has 0 heterocycles. The first-order valence-corrected chi connectivity index (χ1v) is 5.59. The Morgan fingerprint density at radius 1 is 1.47 bits per heavy atom. The summed E-state index contributed by atoms with van der Waals surface area (Å²) in [6.45, 7) is 4.16. The molecule has 0 saturated carbocycles. The lowest BCUT2D eigenvalue weighted by atomic mass is 10.0. The highest BCUT2D eigenvalue weighted by molar-refractivity contribution is 5.77. The molecule has 94 valence electrons. The summed E-state index contributed by atoms with van der Waals surface area (Å²) in [7, 11) is 1.62. The van der Waals surface area contributed by atoms with Gasteiger partial charge in [0.25, 0.3) is 0 Å². The van der Waals surface area contributed by atoms with Crippen LogP contribution in [0.2, 0.25) is 0 Å². The van der Waals surface area contributed by atoms with E-state index < -0.39 is 5.54 Å². The molecule has 1 aromatic carbocycles. The lowest BCUT2D eigenvalue weighted by Gasteiger charge is -2.17. The van der Waals surface area contributed by atoms with Crippen molar-refractivity contribution in [2.24, 2.45) is 5.73 Å². The number of nitrogens with one attached hydrogen (secondary N) is 1. The van der Waals surface area contributed by atoms with Gasteiger partial charge < -0.3 is 15.8 Å². The molecule has 0 bridgehead atoms. The van der Waals surface area contributed by atoms with Crippen molar-refractivity contribution in [3.63, 3.8) is 0 Å². The second-order valence-electron chi connectivity index (χ2n) is 4.79. The Balaban J connectivity index is 2.47. The highest BCUT2D eigenvalue weighted by atomic mass is 16.5. The summed E-state index contributed by atoms with van der Waals surface area (Å²) in [5.74, 6) is 0.747. The monoisotopic (exact) mass is 236 g/mol. The number of hydrogen-bond donors (Lipinski definition) is 2. The van der Waals surface area contributed by atoms with Gasteiger partial charge in [0.1, 0.15) is 5.75 Å². The summed E-state index contributed by atoms with van der Waals surface area (Å²) in [5, 5.41) is 2.83. The predicted molar refractivity (Wildman–Crippen MR) is 67.7 cm³/mol. The minimum Gasteiger partial charge on any atom is -0.497 e. The molecule has 17 heavy (non-hydrogen) atoms. The van der Waals surface area contributed by atoms with Crippen molar-refractivity contribution < 1.29 is 9.53 Å². The van der Waals surface area contributed by atoms with Crippen molar-refractivity contribution in [2.45, 2.75) is 32.4 Å². The number of nitrogens with two attached hydrogens (primary N) is 1. The number of rotatable bonds is 5. The third kappa shape index (κ3) is 5.36. The van der Waals surface area contributed by atoms with Gasteiger partial charge >= 0.3 is 0 Å². The number of hydrogen-bond acceptors (Lipinski definition) is 3. The van der Waals surface area contributed by atoms with E-state index in [-0.39, 0.29) is 5.91 Å². The molecule has 3 N–H and O–H groups in total. The number of amides is 1. The molecule has 0 unspecified atom stereocenters. The van der Waals surface area contributed by atoms with Gasteiger partial charge in [0.05, 0.1) is 7.11 Å². The first-order valence-electron chi connectivity index (χ1n) is 5.59.